The lowest BCUT2D eigenvalue weighted by molar-refractivity contribution is -0.136. The molecule has 0 amide bonds. The molecule has 3 rings (SSSR count). The Hall–Kier alpha value is -2.21. The van der Waals surface area contributed by atoms with Gasteiger partial charge < -0.3 is 5.11 Å². The van der Waals surface area contributed by atoms with Gasteiger partial charge in [-0.05, 0) is 38.5 Å². The van der Waals surface area contributed by atoms with E-state index >= 15 is 0 Å². The highest BCUT2D eigenvalue weighted by Gasteiger charge is 2.16. The summed E-state index contributed by atoms with van der Waals surface area (Å²) in [5, 5.41) is 11.4. The summed E-state index contributed by atoms with van der Waals surface area (Å²) in [5.41, 5.74) is 2.79. The van der Waals surface area contributed by atoms with Crippen molar-refractivity contribution in [2.24, 2.45) is 0 Å². The van der Waals surface area contributed by atoms with E-state index in [-0.39, 0.29) is 6.42 Å². The zero-order valence-electron chi connectivity index (χ0n) is 13.3. The number of hydrogen-bond donors (Lipinski definition) is 1. The summed E-state index contributed by atoms with van der Waals surface area (Å²) in [6.07, 6.45) is 0.00276. The quantitative estimate of drug-likeness (QED) is 0.237. The Kier molecular flexibility index (Phi) is 6.04. The van der Waals surface area contributed by atoms with Gasteiger partial charge in [0.2, 0.25) is 5.69 Å². The number of carbonyl (C=O) groups is 1. The van der Waals surface area contributed by atoms with Gasteiger partial charge in [0.1, 0.15) is 4.60 Å². The minimum Gasteiger partial charge on any atom is -0.481 e. The van der Waals surface area contributed by atoms with Crippen molar-refractivity contribution in [1.29, 1.82) is 0 Å². The number of thioether (sulfide) groups is 1. The van der Waals surface area contributed by atoms with E-state index in [2.05, 4.69) is 30.7 Å². The minimum absolute atomic E-state index is 0.00276. The standard InChI is InChI=1S/C18H12BrN3O2S2/c1-20-16-15(13-6-3-7-25-13)21-18(22-17(16)19)26-10-12-5-2-4-11(8-12)9-14(23)24/h2-8H,9-10H2,(H,23,24). The summed E-state index contributed by atoms with van der Waals surface area (Å²) >= 11 is 6.34. The maximum Gasteiger partial charge on any atom is 0.307 e. The predicted octanol–water partition coefficient (Wildman–Crippen LogP) is 5.44. The Morgan fingerprint density at radius 1 is 1.27 bits per heavy atom. The van der Waals surface area contributed by atoms with Crippen LogP contribution in [-0.4, -0.2) is 21.0 Å². The van der Waals surface area contributed by atoms with Gasteiger partial charge in [-0.1, -0.05) is 42.1 Å². The van der Waals surface area contributed by atoms with Crippen molar-refractivity contribution < 1.29 is 9.90 Å². The first kappa shape index (κ1) is 18.6. The maximum absolute atomic E-state index is 10.9. The summed E-state index contributed by atoms with van der Waals surface area (Å²) in [6.45, 7) is 7.38. The summed E-state index contributed by atoms with van der Waals surface area (Å²) in [5.74, 6) is -0.237. The fraction of sp³-hybridized carbons (Fsp3) is 0.111. The zero-order valence-corrected chi connectivity index (χ0v) is 16.6. The summed E-state index contributed by atoms with van der Waals surface area (Å²) in [4.78, 5) is 24.2. The van der Waals surface area contributed by atoms with E-state index in [1.807, 2.05) is 35.7 Å². The third-order valence-electron chi connectivity index (χ3n) is 3.40. The second kappa shape index (κ2) is 8.45. The lowest BCUT2D eigenvalue weighted by Gasteiger charge is -2.07. The average molecular weight is 446 g/mol. The van der Waals surface area contributed by atoms with Crippen LogP contribution in [0.2, 0.25) is 0 Å². The lowest BCUT2D eigenvalue weighted by Crippen LogP contribution is -2.00. The monoisotopic (exact) mass is 445 g/mol. The Labute approximate surface area is 167 Å². The molecule has 0 spiro atoms. The third kappa shape index (κ3) is 4.49. The van der Waals surface area contributed by atoms with E-state index in [1.54, 1.807) is 6.07 Å². The second-order valence-corrected chi connectivity index (χ2v) is 7.90. The van der Waals surface area contributed by atoms with Crippen LogP contribution in [0.15, 0.2) is 51.5 Å². The van der Waals surface area contributed by atoms with Gasteiger partial charge in [0, 0.05) is 10.6 Å². The lowest BCUT2D eigenvalue weighted by atomic mass is 10.1. The van der Waals surface area contributed by atoms with Gasteiger partial charge in [0.05, 0.1) is 18.7 Å². The minimum atomic E-state index is -0.850. The highest BCUT2D eigenvalue weighted by atomic mass is 79.9. The number of carboxylic acids is 1. The molecule has 0 aliphatic rings. The average Bonchev–Trinajstić information content (AvgIpc) is 3.14. The van der Waals surface area contributed by atoms with Crippen molar-refractivity contribution >= 4 is 50.7 Å². The van der Waals surface area contributed by atoms with Crippen molar-refractivity contribution in [1.82, 2.24) is 9.97 Å². The molecule has 130 valence electrons. The van der Waals surface area contributed by atoms with Gasteiger partial charge in [-0.15, -0.1) is 11.3 Å². The van der Waals surface area contributed by atoms with Crippen LogP contribution in [0, 0.1) is 6.57 Å². The summed E-state index contributed by atoms with van der Waals surface area (Å²) in [7, 11) is 0. The fourth-order valence-corrected chi connectivity index (χ4v) is 4.37. The van der Waals surface area contributed by atoms with Crippen LogP contribution in [0.25, 0.3) is 15.4 Å². The van der Waals surface area contributed by atoms with Crippen LogP contribution in [0.1, 0.15) is 11.1 Å². The summed E-state index contributed by atoms with van der Waals surface area (Å²) in [6, 6.07) is 11.3. The number of carboxylic acid groups (broad SMARTS) is 1. The molecule has 0 bridgehead atoms. The van der Waals surface area contributed by atoms with Gasteiger partial charge in [-0.25, -0.2) is 14.8 Å². The molecule has 0 radical (unpaired) electrons. The molecule has 5 nitrogen and oxygen atoms in total. The van der Waals surface area contributed by atoms with Crippen LogP contribution >= 0.6 is 39.0 Å². The normalized spacial score (nSPS) is 10.5. The number of rotatable bonds is 6. The number of thiophene rings is 1. The van der Waals surface area contributed by atoms with Crippen LogP contribution in [0.5, 0.6) is 0 Å². The zero-order chi connectivity index (χ0) is 18.5. The molecule has 0 saturated carbocycles. The maximum atomic E-state index is 10.9. The number of benzene rings is 1. The molecular weight excluding hydrogens is 434 g/mol. The number of nitrogens with zero attached hydrogens (tertiary/aromatic N) is 3. The van der Waals surface area contributed by atoms with Crippen molar-refractivity contribution in [3.63, 3.8) is 0 Å². The smallest absolute Gasteiger partial charge is 0.307 e. The number of halogens is 1. The van der Waals surface area contributed by atoms with Crippen LogP contribution in [0.3, 0.4) is 0 Å². The van der Waals surface area contributed by atoms with Crippen LogP contribution < -0.4 is 0 Å². The molecule has 3 aromatic rings. The highest BCUT2D eigenvalue weighted by molar-refractivity contribution is 9.10. The van der Waals surface area contributed by atoms with Crippen molar-refractivity contribution in [2.45, 2.75) is 17.3 Å². The van der Waals surface area contributed by atoms with Gasteiger partial charge in [-0.2, -0.15) is 0 Å². The summed E-state index contributed by atoms with van der Waals surface area (Å²) < 4.78 is 0.480. The van der Waals surface area contributed by atoms with E-state index < -0.39 is 5.97 Å². The van der Waals surface area contributed by atoms with E-state index in [0.29, 0.717) is 26.9 Å². The molecule has 26 heavy (non-hydrogen) atoms. The van der Waals surface area contributed by atoms with E-state index in [9.17, 15) is 4.79 Å². The van der Waals surface area contributed by atoms with Gasteiger partial charge >= 0.3 is 5.97 Å². The van der Waals surface area contributed by atoms with Crippen LogP contribution in [-0.2, 0) is 17.0 Å². The second-order valence-electron chi connectivity index (χ2n) is 5.26. The molecule has 2 heterocycles. The largest absolute Gasteiger partial charge is 0.481 e. The molecule has 1 N–H and O–H groups in total. The Balaban J connectivity index is 1.83. The van der Waals surface area contributed by atoms with Gasteiger partial charge in [-0.3, -0.25) is 4.79 Å². The number of aromatic nitrogens is 2. The molecule has 1 aromatic carbocycles. The van der Waals surface area contributed by atoms with E-state index in [1.165, 1.54) is 23.1 Å². The number of hydrogen-bond acceptors (Lipinski definition) is 5. The van der Waals surface area contributed by atoms with Crippen molar-refractivity contribution in [3.8, 4) is 10.6 Å². The van der Waals surface area contributed by atoms with Gasteiger partial charge in [0.15, 0.2) is 5.16 Å². The highest BCUT2D eigenvalue weighted by Crippen LogP contribution is 2.38. The Morgan fingerprint density at radius 3 is 2.77 bits per heavy atom. The molecule has 0 fully saturated rings. The molecule has 0 atom stereocenters. The van der Waals surface area contributed by atoms with E-state index in [4.69, 9.17) is 11.7 Å². The van der Waals surface area contributed by atoms with Crippen molar-refractivity contribution in [3.05, 3.63) is 68.9 Å². The first-order valence-corrected chi connectivity index (χ1v) is 10.1. The Bertz CT molecular complexity index is 985. The predicted molar refractivity (Wildman–Crippen MR) is 107 cm³/mol. The molecule has 0 aliphatic carbocycles. The SMILES string of the molecule is [C-]#[N+]c1c(Br)nc(SCc2cccc(CC(=O)O)c2)nc1-c1cccs1. The topological polar surface area (TPSA) is 67.4 Å². The van der Waals surface area contributed by atoms with Gasteiger partial charge in [0.25, 0.3) is 0 Å². The van der Waals surface area contributed by atoms with Crippen LogP contribution in [0.4, 0.5) is 5.69 Å². The fourth-order valence-electron chi connectivity index (χ4n) is 2.31. The molecular formula is C18H12BrN3O2S2. The molecule has 2 aromatic heterocycles. The number of aliphatic carboxylic acids is 1. The molecule has 0 unspecified atom stereocenters. The first-order chi connectivity index (χ1) is 12.6. The third-order valence-corrected chi connectivity index (χ3v) is 5.75. The van der Waals surface area contributed by atoms with E-state index in [0.717, 1.165) is 16.0 Å². The molecule has 0 aliphatic heterocycles. The van der Waals surface area contributed by atoms with Crippen molar-refractivity contribution in [2.75, 3.05) is 0 Å². The molecule has 0 saturated heterocycles. The molecule has 8 heteroatoms. The first-order valence-electron chi connectivity index (χ1n) is 7.48. The Morgan fingerprint density at radius 2 is 2.08 bits per heavy atom.